The third-order valence-corrected chi connectivity index (χ3v) is 4.55. The standard InChI is InChI=1S/C22H30/c1-2-3-4-5-10-17-22(21-15-11-7-12-16-21)19-18-20-13-8-6-9-14-20/h6-9,11-16,22H,2-5,10,17-19H2,1H3. The van der Waals surface area contributed by atoms with E-state index in [4.69, 9.17) is 0 Å². The maximum absolute atomic E-state index is 2.31. The van der Waals surface area contributed by atoms with Gasteiger partial charge < -0.3 is 0 Å². The fourth-order valence-corrected chi connectivity index (χ4v) is 3.18. The van der Waals surface area contributed by atoms with E-state index in [1.54, 1.807) is 0 Å². The number of hydrogen-bond acceptors (Lipinski definition) is 0. The maximum Gasteiger partial charge on any atom is -0.0159 e. The first-order valence-electron chi connectivity index (χ1n) is 8.99. The summed E-state index contributed by atoms with van der Waals surface area (Å²) in [6.45, 7) is 2.28. The van der Waals surface area contributed by atoms with Crippen LogP contribution >= 0.6 is 0 Å². The van der Waals surface area contributed by atoms with Gasteiger partial charge in [0.15, 0.2) is 0 Å². The minimum Gasteiger partial charge on any atom is -0.0654 e. The van der Waals surface area contributed by atoms with E-state index in [0.29, 0.717) is 5.92 Å². The Morgan fingerprint density at radius 3 is 2.00 bits per heavy atom. The number of benzene rings is 2. The van der Waals surface area contributed by atoms with Crippen LogP contribution in [0.1, 0.15) is 68.9 Å². The molecule has 0 saturated heterocycles. The van der Waals surface area contributed by atoms with E-state index in [0.717, 1.165) is 0 Å². The van der Waals surface area contributed by atoms with Gasteiger partial charge in [0, 0.05) is 0 Å². The second-order valence-corrected chi connectivity index (χ2v) is 6.33. The van der Waals surface area contributed by atoms with Crippen LogP contribution in [0, 0.1) is 0 Å². The van der Waals surface area contributed by atoms with Gasteiger partial charge in [-0.25, -0.2) is 0 Å². The van der Waals surface area contributed by atoms with Gasteiger partial charge in [-0.15, -0.1) is 0 Å². The quantitative estimate of drug-likeness (QED) is 0.424. The summed E-state index contributed by atoms with van der Waals surface area (Å²) in [5.41, 5.74) is 2.99. The molecule has 0 aromatic heterocycles. The molecule has 0 fully saturated rings. The highest BCUT2D eigenvalue weighted by Gasteiger charge is 2.11. The molecule has 2 rings (SSSR count). The van der Waals surface area contributed by atoms with Crippen LogP contribution in [0.4, 0.5) is 0 Å². The van der Waals surface area contributed by atoms with Gasteiger partial charge in [0.2, 0.25) is 0 Å². The van der Waals surface area contributed by atoms with E-state index in [9.17, 15) is 0 Å². The number of unbranched alkanes of at least 4 members (excludes halogenated alkanes) is 4. The average Bonchev–Trinajstić information content (AvgIpc) is 2.59. The summed E-state index contributed by atoms with van der Waals surface area (Å²) in [4.78, 5) is 0. The molecule has 0 saturated carbocycles. The molecule has 1 atom stereocenters. The van der Waals surface area contributed by atoms with Gasteiger partial charge in [-0.1, -0.05) is 99.7 Å². The van der Waals surface area contributed by atoms with Crippen LogP contribution in [0.15, 0.2) is 60.7 Å². The highest BCUT2D eigenvalue weighted by molar-refractivity contribution is 5.21. The van der Waals surface area contributed by atoms with E-state index in [2.05, 4.69) is 67.6 Å². The molecular weight excluding hydrogens is 264 g/mol. The second-order valence-electron chi connectivity index (χ2n) is 6.33. The SMILES string of the molecule is CCCCCCCC(CCc1ccccc1)c1ccccc1. The van der Waals surface area contributed by atoms with E-state index >= 15 is 0 Å². The normalized spacial score (nSPS) is 12.2. The van der Waals surface area contributed by atoms with Gasteiger partial charge in [-0.3, -0.25) is 0 Å². The molecule has 2 aromatic rings. The molecule has 0 radical (unpaired) electrons. The van der Waals surface area contributed by atoms with E-state index in [1.807, 2.05) is 0 Å². The van der Waals surface area contributed by atoms with Crippen molar-refractivity contribution in [2.45, 2.75) is 64.2 Å². The first-order valence-corrected chi connectivity index (χ1v) is 8.99. The molecule has 0 heteroatoms. The molecule has 0 aliphatic heterocycles. The molecule has 0 bridgehead atoms. The number of hydrogen-bond donors (Lipinski definition) is 0. The highest BCUT2D eigenvalue weighted by atomic mass is 14.2. The van der Waals surface area contributed by atoms with Gasteiger partial charge in [0.05, 0.1) is 0 Å². The largest absolute Gasteiger partial charge is 0.0654 e. The Balaban J connectivity index is 1.87. The molecule has 0 spiro atoms. The molecule has 0 aliphatic rings. The van der Waals surface area contributed by atoms with Crippen LogP contribution in [0.3, 0.4) is 0 Å². The summed E-state index contributed by atoms with van der Waals surface area (Å²) < 4.78 is 0. The molecule has 0 nitrogen and oxygen atoms in total. The van der Waals surface area contributed by atoms with Crippen LogP contribution in [0.2, 0.25) is 0 Å². The molecule has 2 aromatic carbocycles. The summed E-state index contributed by atoms with van der Waals surface area (Å²) in [7, 11) is 0. The zero-order valence-corrected chi connectivity index (χ0v) is 14.0. The van der Waals surface area contributed by atoms with Gasteiger partial charge >= 0.3 is 0 Å². The Kier molecular flexibility index (Phi) is 7.80. The van der Waals surface area contributed by atoms with Crippen molar-refractivity contribution >= 4 is 0 Å². The van der Waals surface area contributed by atoms with Crippen molar-refractivity contribution in [2.24, 2.45) is 0 Å². The van der Waals surface area contributed by atoms with Crippen LogP contribution in [0.25, 0.3) is 0 Å². The summed E-state index contributed by atoms with van der Waals surface area (Å²) in [6.07, 6.45) is 10.7. The fraction of sp³-hybridized carbons (Fsp3) is 0.455. The summed E-state index contributed by atoms with van der Waals surface area (Å²) >= 11 is 0. The lowest BCUT2D eigenvalue weighted by atomic mass is 9.88. The molecular formula is C22H30. The van der Waals surface area contributed by atoms with Gasteiger partial charge in [0.1, 0.15) is 0 Å². The smallest absolute Gasteiger partial charge is 0.0159 e. The third kappa shape index (κ3) is 6.05. The van der Waals surface area contributed by atoms with Crippen molar-refractivity contribution in [1.82, 2.24) is 0 Å². The van der Waals surface area contributed by atoms with Crippen LogP contribution in [-0.2, 0) is 6.42 Å². The van der Waals surface area contributed by atoms with Crippen molar-refractivity contribution < 1.29 is 0 Å². The summed E-state index contributed by atoms with van der Waals surface area (Å²) in [6, 6.07) is 22.0. The number of aryl methyl sites for hydroxylation is 1. The highest BCUT2D eigenvalue weighted by Crippen LogP contribution is 2.27. The maximum atomic E-state index is 2.31. The summed E-state index contributed by atoms with van der Waals surface area (Å²) in [5, 5.41) is 0. The topological polar surface area (TPSA) is 0 Å². The van der Waals surface area contributed by atoms with Crippen molar-refractivity contribution in [3.05, 3.63) is 71.8 Å². The van der Waals surface area contributed by atoms with E-state index < -0.39 is 0 Å². The van der Waals surface area contributed by atoms with Gasteiger partial charge in [0.25, 0.3) is 0 Å². The van der Waals surface area contributed by atoms with E-state index in [-0.39, 0.29) is 0 Å². The minimum atomic E-state index is 0.711. The lowest BCUT2D eigenvalue weighted by molar-refractivity contribution is 0.520. The number of rotatable bonds is 10. The van der Waals surface area contributed by atoms with Crippen molar-refractivity contribution in [3.63, 3.8) is 0 Å². The molecule has 0 aliphatic carbocycles. The zero-order chi connectivity index (χ0) is 15.5. The Morgan fingerprint density at radius 2 is 1.32 bits per heavy atom. The molecule has 0 amide bonds. The third-order valence-electron chi connectivity index (χ3n) is 4.55. The van der Waals surface area contributed by atoms with Crippen LogP contribution < -0.4 is 0 Å². The molecule has 0 heterocycles. The fourth-order valence-electron chi connectivity index (χ4n) is 3.18. The monoisotopic (exact) mass is 294 g/mol. The predicted octanol–water partition coefficient (Wildman–Crippen LogP) is 6.76. The van der Waals surface area contributed by atoms with Crippen molar-refractivity contribution in [1.29, 1.82) is 0 Å². The minimum absolute atomic E-state index is 0.711. The Labute approximate surface area is 136 Å². The van der Waals surface area contributed by atoms with Crippen LogP contribution in [-0.4, -0.2) is 0 Å². The average molecular weight is 294 g/mol. The van der Waals surface area contributed by atoms with Gasteiger partial charge in [-0.05, 0) is 36.3 Å². The van der Waals surface area contributed by atoms with Crippen molar-refractivity contribution in [2.75, 3.05) is 0 Å². The Morgan fingerprint density at radius 1 is 0.682 bits per heavy atom. The van der Waals surface area contributed by atoms with Crippen LogP contribution in [0.5, 0.6) is 0 Å². The lowest BCUT2D eigenvalue weighted by Gasteiger charge is -2.17. The van der Waals surface area contributed by atoms with Gasteiger partial charge in [-0.2, -0.15) is 0 Å². The first kappa shape index (κ1) is 16.8. The van der Waals surface area contributed by atoms with E-state index in [1.165, 1.54) is 62.5 Å². The first-order chi connectivity index (χ1) is 10.9. The Hall–Kier alpha value is -1.56. The second kappa shape index (κ2) is 10.2. The zero-order valence-electron chi connectivity index (χ0n) is 14.0. The van der Waals surface area contributed by atoms with Crippen molar-refractivity contribution in [3.8, 4) is 0 Å². The summed E-state index contributed by atoms with van der Waals surface area (Å²) in [5.74, 6) is 0.711. The Bertz CT molecular complexity index is 486. The molecule has 22 heavy (non-hydrogen) atoms. The molecule has 0 N–H and O–H groups in total. The molecule has 118 valence electrons. The lowest BCUT2D eigenvalue weighted by Crippen LogP contribution is -2.01. The molecule has 1 unspecified atom stereocenters. The predicted molar refractivity (Wildman–Crippen MR) is 97.3 cm³/mol.